The van der Waals surface area contributed by atoms with Crippen LogP contribution in [0.2, 0.25) is 0 Å². The minimum absolute atomic E-state index is 0.127. The highest BCUT2D eigenvalue weighted by molar-refractivity contribution is 5.93. The second kappa shape index (κ2) is 11.7. The van der Waals surface area contributed by atoms with Crippen molar-refractivity contribution in [2.24, 2.45) is 23.7 Å². The van der Waals surface area contributed by atoms with Crippen LogP contribution in [0.5, 0.6) is 0 Å². The van der Waals surface area contributed by atoms with Gasteiger partial charge >= 0.3 is 0 Å². The average Bonchev–Trinajstić information content (AvgIpc) is 3.44. The number of nitrogens with zero attached hydrogens (tertiary/aromatic N) is 1. The van der Waals surface area contributed by atoms with Crippen LogP contribution in [0, 0.1) is 23.7 Å². The van der Waals surface area contributed by atoms with Crippen LogP contribution in [0.3, 0.4) is 0 Å². The standard InChI is InChI=1S/C47H43N/c1-32-28-34-30-33(2)47(38(29-32)31-34)44-18-10-9-16-43(44)46-42(17-11-19-45(46)47)37-22-20-35(21-23-37)36-24-26-41(27-25-36)48(39-12-5-3-6-13-39)40-14-7-4-8-15-40/h3-27,32-34,38H,28-31H2,1-2H3. The Morgan fingerprint density at radius 1 is 0.458 bits per heavy atom. The summed E-state index contributed by atoms with van der Waals surface area (Å²) in [6.07, 6.45) is 5.50. The fraction of sp³-hybridized carbons (Fsp3) is 0.234. The van der Waals surface area contributed by atoms with Crippen LogP contribution < -0.4 is 4.90 Å². The second-order valence-electron chi connectivity index (χ2n) is 14.8. The lowest BCUT2D eigenvalue weighted by molar-refractivity contribution is 0.0426. The van der Waals surface area contributed by atoms with E-state index in [0.29, 0.717) is 5.92 Å². The molecule has 9 rings (SSSR count). The van der Waals surface area contributed by atoms with E-state index in [-0.39, 0.29) is 5.41 Å². The molecule has 3 aliphatic rings. The molecule has 1 heteroatoms. The van der Waals surface area contributed by atoms with Gasteiger partial charge in [-0.25, -0.2) is 0 Å². The summed E-state index contributed by atoms with van der Waals surface area (Å²) < 4.78 is 0. The van der Waals surface area contributed by atoms with Gasteiger partial charge < -0.3 is 4.90 Å². The molecule has 1 nitrogen and oxygen atoms in total. The number of fused-ring (bicyclic) bond motifs is 8. The number of para-hydroxylation sites is 2. The number of rotatable bonds is 5. The van der Waals surface area contributed by atoms with Gasteiger partial charge in [0.15, 0.2) is 0 Å². The van der Waals surface area contributed by atoms with E-state index in [1.165, 1.54) is 59.1 Å². The van der Waals surface area contributed by atoms with E-state index in [9.17, 15) is 0 Å². The molecule has 0 aliphatic heterocycles. The Morgan fingerprint density at radius 3 is 1.69 bits per heavy atom. The van der Waals surface area contributed by atoms with Crippen molar-refractivity contribution < 1.29 is 0 Å². The Kier molecular flexibility index (Phi) is 7.12. The summed E-state index contributed by atoms with van der Waals surface area (Å²) in [6, 6.07) is 56.1. The Bertz CT molecular complexity index is 2020. The minimum atomic E-state index is 0.127. The van der Waals surface area contributed by atoms with Crippen molar-refractivity contribution in [3.05, 3.63) is 163 Å². The van der Waals surface area contributed by atoms with E-state index in [4.69, 9.17) is 0 Å². The van der Waals surface area contributed by atoms with Gasteiger partial charge in [0.2, 0.25) is 0 Å². The van der Waals surface area contributed by atoms with E-state index in [1.807, 2.05) is 0 Å². The van der Waals surface area contributed by atoms with E-state index >= 15 is 0 Å². The van der Waals surface area contributed by atoms with Gasteiger partial charge in [0.25, 0.3) is 0 Å². The van der Waals surface area contributed by atoms with Crippen LogP contribution in [-0.4, -0.2) is 0 Å². The van der Waals surface area contributed by atoms with E-state index < -0.39 is 0 Å². The van der Waals surface area contributed by atoms with Gasteiger partial charge in [-0.3, -0.25) is 0 Å². The highest BCUT2D eigenvalue weighted by atomic mass is 15.1. The lowest BCUT2D eigenvalue weighted by Gasteiger charge is -2.54. The van der Waals surface area contributed by atoms with E-state index in [1.54, 1.807) is 11.1 Å². The van der Waals surface area contributed by atoms with Crippen molar-refractivity contribution in [1.82, 2.24) is 0 Å². The predicted molar refractivity (Wildman–Crippen MR) is 202 cm³/mol. The molecule has 0 amide bonds. The monoisotopic (exact) mass is 621 g/mol. The molecule has 0 radical (unpaired) electrons. The minimum Gasteiger partial charge on any atom is -0.311 e. The maximum atomic E-state index is 2.56. The van der Waals surface area contributed by atoms with Gasteiger partial charge in [-0.2, -0.15) is 0 Å². The SMILES string of the molecule is CC1CC2CC(C)C3(c4ccccc4-c4c(-c5ccc(-c6ccc(N(c7ccccc7)c7ccccc7)cc6)cc5)cccc43)C(C1)C2. The molecule has 48 heavy (non-hydrogen) atoms. The summed E-state index contributed by atoms with van der Waals surface area (Å²) in [5.74, 6) is 3.08. The zero-order chi connectivity index (χ0) is 32.2. The van der Waals surface area contributed by atoms with Crippen molar-refractivity contribution in [3.8, 4) is 33.4 Å². The molecule has 2 saturated carbocycles. The first-order valence-electron chi connectivity index (χ1n) is 18.0. The molecular weight excluding hydrogens is 579 g/mol. The number of hydrogen-bond donors (Lipinski definition) is 0. The molecule has 6 aromatic carbocycles. The quantitative estimate of drug-likeness (QED) is 0.185. The molecule has 0 N–H and O–H groups in total. The molecule has 6 aromatic rings. The van der Waals surface area contributed by atoms with Gasteiger partial charge in [-0.05, 0) is 130 Å². The van der Waals surface area contributed by atoms with Gasteiger partial charge in [-0.1, -0.05) is 129 Å². The zero-order valence-corrected chi connectivity index (χ0v) is 28.0. The maximum Gasteiger partial charge on any atom is 0.0462 e. The van der Waals surface area contributed by atoms with E-state index in [0.717, 1.165) is 34.8 Å². The summed E-state index contributed by atoms with van der Waals surface area (Å²) in [7, 11) is 0. The first-order valence-corrected chi connectivity index (χ1v) is 18.0. The third-order valence-electron chi connectivity index (χ3n) is 12.0. The van der Waals surface area contributed by atoms with Crippen LogP contribution in [0.1, 0.15) is 50.7 Å². The summed E-state index contributed by atoms with van der Waals surface area (Å²) in [5.41, 5.74) is 14.9. The van der Waals surface area contributed by atoms with Crippen LogP contribution >= 0.6 is 0 Å². The molecule has 0 saturated heterocycles. The third-order valence-corrected chi connectivity index (χ3v) is 12.0. The van der Waals surface area contributed by atoms with Crippen molar-refractivity contribution in [3.63, 3.8) is 0 Å². The molecule has 5 unspecified atom stereocenters. The van der Waals surface area contributed by atoms with Gasteiger partial charge in [-0.15, -0.1) is 0 Å². The number of benzene rings is 6. The molecule has 236 valence electrons. The van der Waals surface area contributed by atoms with Crippen molar-refractivity contribution in [2.75, 3.05) is 4.90 Å². The molecular formula is C47H43N. The van der Waals surface area contributed by atoms with Gasteiger partial charge in [0.1, 0.15) is 0 Å². The van der Waals surface area contributed by atoms with Crippen LogP contribution in [0.15, 0.2) is 152 Å². The van der Waals surface area contributed by atoms with Gasteiger partial charge in [0, 0.05) is 22.5 Å². The Balaban J connectivity index is 1.07. The van der Waals surface area contributed by atoms with E-state index in [2.05, 4.69) is 170 Å². The third kappa shape index (κ3) is 4.59. The second-order valence-corrected chi connectivity index (χ2v) is 14.8. The highest BCUT2D eigenvalue weighted by Gasteiger charge is 2.56. The van der Waals surface area contributed by atoms with Gasteiger partial charge in [0.05, 0.1) is 0 Å². The first-order chi connectivity index (χ1) is 23.6. The highest BCUT2D eigenvalue weighted by Crippen LogP contribution is 2.65. The van der Waals surface area contributed by atoms with Crippen LogP contribution in [0.25, 0.3) is 33.4 Å². The molecule has 2 fully saturated rings. The Hall–Kier alpha value is -4.88. The first kappa shape index (κ1) is 29.3. The molecule has 0 aromatic heterocycles. The molecule has 3 aliphatic carbocycles. The number of hydrogen-bond acceptors (Lipinski definition) is 1. The maximum absolute atomic E-state index is 2.56. The van der Waals surface area contributed by atoms with Crippen LogP contribution in [0.4, 0.5) is 17.1 Å². The largest absolute Gasteiger partial charge is 0.311 e. The zero-order valence-electron chi connectivity index (χ0n) is 28.0. The summed E-state index contributed by atoms with van der Waals surface area (Å²) in [6.45, 7) is 5.06. The van der Waals surface area contributed by atoms with Crippen molar-refractivity contribution >= 4 is 17.1 Å². The molecule has 5 atom stereocenters. The number of anilines is 3. The van der Waals surface area contributed by atoms with Crippen molar-refractivity contribution in [1.29, 1.82) is 0 Å². The lowest BCUT2D eigenvalue weighted by Crippen LogP contribution is -2.49. The molecule has 0 heterocycles. The van der Waals surface area contributed by atoms with Crippen LogP contribution in [-0.2, 0) is 5.41 Å². The topological polar surface area (TPSA) is 3.24 Å². The predicted octanol–water partition coefficient (Wildman–Crippen LogP) is 12.8. The summed E-state index contributed by atoms with van der Waals surface area (Å²) >= 11 is 0. The summed E-state index contributed by atoms with van der Waals surface area (Å²) in [4.78, 5) is 2.31. The molecule has 2 bridgehead atoms. The van der Waals surface area contributed by atoms with Crippen molar-refractivity contribution in [2.45, 2.75) is 44.9 Å². The fourth-order valence-corrected chi connectivity index (χ4v) is 10.3. The Morgan fingerprint density at radius 2 is 1.00 bits per heavy atom. The summed E-state index contributed by atoms with van der Waals surface area (Å²) in [5, 5.41) is 0. The normalized spacial score (nSPS) is 23.8. The average molecular weight is 622 g/mol. The fourth-order valence-electron chi connectivity index (χ4n) is 10.3. The molecule has 1 spiro atoms. The smallest absolute Gasteiger partial charge is 0.0462 e. The Labute approximate surface area is 285 Å². The lowest BCUT2D eigenvalue weighted by atomic mass is 9.49.